The summed E-state index contributed by atoms with van der Waals surface area (Å²) in [5.41, 5.74) is 1.93. The van der Waals surface area contributed by atoms with Crippen LogP contribution in [0.25, 0.3) is 0 Å². The van der Waals surface area contributed by atoms with Crippen LogP contribution in [0.3, 0.4) is 0 Å². The van der Waals surface area contributed by atoms with Crippen LogP contribution in [0.1, 0.15) is 44.0 Å². The highest BCUT2D eigenvalue weighted by atomic mass is 16.4. The van der Waals surface area contributed by atoms with Crippen molar-refractivity contribution in [1.29, 1.82) is 0 Å². The average Bonchev–Trinajstić information content (AvgIpc) is 2.84. The van der Waals surface area contributed by atoms with Gasteiger partial charge in [-0.1, -0.05) is 0 Å². The van der Waals surface area contributed by atoms with Crippen LogP contribution in [0.4, 0.5) is 4.79 Å². The summed E-state index contributed by atoms with van der Waals surface area (Å²) in [6.45, 7) is 3.87. The van der Waals surface area contributed by atoms with Gasteiger partial charge in [0, 0.05) is 24.2 Å². The molecule has 0 aromatic carbocycles. The molecule has 4 N–H and O–H groups in total. The van der Waals surface area contributed by atoms with Crippen LogP contribution < -0.4 is 10.6 Å². The monoisotopic (exact) mass is 308 g/mol. The molecular formula is C15H24N4O3. The summed E-state index contributed by atoms with van der Waals surface area (Å²) >= 11 is 0. The smallest absolute Gasteiger partial charge is 0.315 e. The van der Waals surface area contributed by atoms with E-state index < -0.39 is 5.97 Å². The molecule has 0 spiro atoms. The highest BCUT2D eigenvalue weighted by molar-refractivity contribution is 5.74. The summed E-state index contributed by atoms with van der Waals surface area (Å²) in [6.07, 6.45) is 3.36. The molecule has 7 nitrogen and oxygen atoms in total. The van der Waals surface area contributed by atoms with Gasteiger partial charge in [-0.15, -0.1) is 0 Å². The minimum atomic E-state index is -0.731. The van der Waals surface area contributed by atoms with Crippen LogP contribution in [0.15, 0.2) is 6.07 Å². The number of amides is 2. The third-order valence-electron chi connectivity index (χ3n) is 4.06. The van der Waals surface area contributed by atoms with Crippen LogP contribution >= 0.6 is 0 Å². The number of urea groups is 1. The van der Waals surface area contributed by atoms with Crippen molar-refractivity contribution >= 4 is 12.0 Å². The Morgan fingerprint density at radius 1 is 1.41 bits per heavy atom. The van der Waals surface area contributed by atoms with Crippen molar-refractivity contribution in [3.8, 4) is 0 Å². The highest BCUT2D eigenvalue weighted by Gasteiger charge is 2.26. The SMILES string of the molecule is Cc1cc(CC(C)NC(=O)NC2CCC(C(=O)O)CC2)n[nH]1. The molecule has 1 aromatic rings. The fourth-order valence-electron chi connectivity index (χ4n) is 2.88. The van der Waals surface area contributed by atoms with E-state index in [1.807, 2.05) is 19.9 Å². The van der Waals surface area contributed by atoms with Crippen LogP contribution in [0.5, 0.6) is 0 Å². The van der Waals surface area contributed by atoms with Crippen molar-refractivity contribution in [2.45, 2.75) is 58.0 Å². The Kier molecular flexibility index (Phi) is 5.41. The Morgan fingerprint density at radius 2 is 2.09 bits per heavy atom. The number of hydrogen-bond donors (Lipinski definition) is 4. The number of aromatic nitrogens is 2. The van der Waals surface area contributed by atoms with Crippen LogP contribution in [-0.4, -0.2) is 39.4 Å². The Hall–Kier alpha value is -2.05. The van der Waals surface area contributed by atoms with Crippen molar-refractivity contribution in [2.75, 3.05) is 0 Å². The van der Waals surface area contributed by atoms with Gasteiger partial charge in [-0.25, -0.2) is 4.79 Å². The van der Waals surface area contributed by atoms with Gasteiger partial charge in [-0.05, 0) is 45.6 Å². The lowest BCUT2D eigenvalue weighted by atomic mass is 9.86. The second-order valence-corrected chi connectivity index (χ2v) is 6.15. The topological polar surface area (TPSA) is 107 Å². The summed E-state index contributed by atoms with van der Waals surface area (Å²) in [4.78, 5) is 22.9. The van der Waals surface area contributed by atoms with E-state index >= 15 is 0 Å². The lowest BCUT2D eigenvalue weighted by molar-refractivity contribution is -0.142. The molecule has 0 saturated heterocycles. The van der Waals surface area contributed by atoms with E-state index in [2.05, 4.69) is 20.8 Å². The quantitative estimate of drug-likeness (QED) is 0.662. The summed E-state index contributed by atoms with van der Waals surface area (Å²) in [5.74, 6) is -0.992. The lowest BCUT2D eigenvalue weighted by Crippen LogP contribution is -2.47. The maximum atomic E-state index is 12.0. The van der Waals surface area contributed by atoms with E-state index in [9.17, 15) is 9.59 Å². The molecule has 1 heterocycles. The third kappa shape index (κ3) is 4.75. The van der Waals surface area contributed by atoms with Crippen LogP contribution in [-0.2, 0) is 11.2 Å². The molecular weight excluding hydrogens is 284 g/mol. The first-order valence-electron chi connectivity index (χ1n) is 7.74. The molecule has 1 aliphatic carbocycles. The number of carbonyl (C=O) groups excluding carboxylic acids is 1. The fourth-order valence-corrected chi connectivity index (χ4v) is 2.88. The number of H-pyrrole nitrogens is 1. The summed E-state index contributed by atoms with van der Waals surface area (Å²) < 4.78 is 0. The first-order valence-corrected chi connectivity index (χ1v) is 7.74. The van der Waals surface area contributed by atoms with Crippen molar-refractivity contribution in [3.05, 3.63) is 17.5 Å². The molecule has 1 saturated carbocycles. The predicted octanol–water partition coefficient (Wildman–Crippen LogP) is 1.59. The van der Waals surface area contributed by atoms with Gasteiger partial charge in [0.05, 0.1) is 11.6 Å². The fraction of sp³-hybridized carbons (Fsp3) is 0.667. The Labute approximate surface area is 129 Å². The third-order valence-corrected chi connectivity index (χ3v) is 4.06. The van der Waals surface area contributed by atoms with Gasteiger partial charge in [0.1, 0.15) is 0 Å². The number of aromatic amines is 1. The Bertz CT molecular complexity index is 521. The molecule has 1 aromatic heterocycles. The summed E-state index contributed by atoms with van der Waals surface area (Å²) in [7, 11) is 0. The predicted molar refractivity (Wildman–Crippen MR) is 81.5 cm³/mol. The van der Waals surface area contributed by atoms with Crippen molar-refractivity contribution in [3.63, 3.8) is 0 Å². The van der Waals surface area contributed by atoms with Crippen molar-refractivity contribution < 1.29 is 14.7 Å². The largest absolute Gasteiger partial charge is 0.481 e. The van der Waals surface area contributed by atoms with Crippen LogP contribution in [0.2, 0.25) is 0 Å². The number of hydrogen-bond acceptors (Lipinski definition) is 3. The average molecular weight is 308 g/mol. The summed E-state index contributed by atoms with van der Waals surface area (Å²) in [6, 6.07) is 1.82. The molecule has 22 heavy (non-hydrogen) atoms. The second-order valence-electron chi connectivity index (χ2n) is 6.15. The van der Waals surface area contributed by atoms with Crippen LogP contribution in [0, 0.1) is 12.8 Å². The minimum absolute atomic E-state index is 0.0157. The van der Waals surface area contributed by atoms with Crippen molar-refractivity contribution in [1.82, 2.24) is 20.8 Å². The van der Waals surface area contributed by atoms with Gasteiger partial charge >= 0.3 is 12.0 Å². The number of aliphatic carboxylic acids is 1. The Balaban J connectivity index is 1.70. The molecule has 1 unspecified atom stereocenters. The summed E-state index contributed by atoms with van der Waals surface area (Å²) in [5, 5.41) is 21.8. The zero-order chi connectivity index (χ0) is 16.1. The van der Waals surface area contributed by atoms with E-state index in [0.717, 1.165) is 24.2 Å². The van der Waals surface area contributed by atoms with E-state index in [1.165, 1.54) is 0 Å². The number of aryl methyl sites for hydroxylation is 1. The highest BCUT2D eigenvalue weighted by Crippen LogP contribution is 2.24. The lowest BCUT2D eigenvalue weighted by Gasteiger charge is -2.27. The molecule has 122 valence electrons. The Morgan fingerprint density at radius 3 is 2.64 bits per heavy atom. The molecule has 0 radical (unpaired) electrons. The van der Waals surface area contributed by atoms with E-state index in [0.29, 0.717) is 19.3 Å². The normalized spacial score (nSPS) is 22.8. The van der Waals surface area contributed by atoms with E-state index in [4.69, 9.17) is 5.11 Å². The van der Waals surface area contributed by atoms with Crippen molar-refractivity contribution in [2.24, 2.45) is 5.92 Å². The minimum Gasteiger partial charge on any atom is -0.481 e. The second kappa shape index (κ2) is 7.29. The van der Waals surface area contributed by atoms with Gasteiger partial charge in [-0.2, -0.15) is 5.10 Å². The number of nitrogens with one attached hydrogen (secondary N) is 3. The van der Waals surface area contributed by atoms with E-state index in [-0.39, 0.29) is 24.0 Å². The molecule has 1 atom stereocenters. The van der Waals surface area contributed by atoms with Gasteiger partial charge in [-0.3, -0.25) is 9.89 Å². The number of carboxylic acid groups (broad SMARTS) is 1. The van der Waals surface area contributed by atoms with E-state index in [1.54, 1.807) is 0 Å². The standard InChI is InChI=1S/C15H24N4O3/c1-9(7-13-8-10(2)18-19-13)16-15(22)17-12-5-3-11(4-6-12)14(20)21/h8-9,11-12H,3-7H2,1-2H3,(H,18,19)(H,20,21)(H2,16,17,22). The molecule has 0 aliphatic heterocycles. The zero-order valence-electron chi connectivity index (χ0n) is 13.1. The molecule has 7 heteroatoms. The molecule has 0 bridgehead atoms. The number of nitrogens with zero attached hydrogens (tertiary/aromatic N) is 1. The first kappa shape index (κ1) is 16.3. The number of carboxylic acids is 1. The van der Waals surface area contributed by atoms with Gasteiger partial charge in [0.2, 0.25) is 0 Å². The number of carbonyl (C=O) groups is 2. The molecule has 1 fully saturated rings. The maximum Gasteiger partial charge on any atom is 0.315 e. The zero-order valence-corrected chi connectivity index (χ0v) is 13.1. The first-order chi connectivity index (χ1) is 10.4. The van der Waals surface area contributed by atoms with Gasteiger partial charge in [0.15, 0.2) is 0 Å². The molecule has 2 amide bonds. The maximum absolute atomic E-state index is 12.0. The van der Waals surface area contributed by atoms with Gasteiger partial charge < -0.3 is 15.7 Å². The number of rotatable bonds is 5. The molecule has 1 aliphatic rings. The van der Waals surface area contributed by atoms with Gasteiger partial charge in [0.25, 0.3) is 0 Å². The molecule has 2 rings (SSSR count).